The quantitative estimate of drug-likeness (QED) is 0.452. The highest BCUT2D eigenvalue weighted by molar-refractivity contribution is 5.83. The van der Waals surface area contributed by atoms with Gasteiger partial charge in [-0.25, -0.2) is 0 Å². The second-order valence-corrected chi connectivity index (χ2v) is 1.82. The van der Waals surface area contributed by atoms with Crippen LogP contribution in [0.1, 0.15) is 6.42 Å². The summed E-state index contributed by atoms with van der Waals surface area (Å²) in [7, 11) is 0. The maximum absolute atomic E-state index is 10.4. The summed E-state index contributed by atoms with van der Waals surface area (Å²) in [6, 6.07) is 0.174. The summed E-state index contributed by atoms with van der Waals surface area (Å²) < 4.78 is 0. The standard InChI is InChI=1S/C5H8NO/c1-4-2-5(7)3-6-4/h4,6H,1-3H2. The van der Waals surface area contributed by atoms with Crippen LogP contribution in [0.4, 0.5) is 0 Å². The Kier molecular flexibility index (Phi) is 1.11. The van der Waals surface area contributed by atoms with Gasteiger partial charge in [0.2, 0.25) is 0 Å². The summed E-state index contributed by atoms with van der Waals surface area (Å²) >= 11 is 0. The second-order valence-electron chi connectivity index (χ2n) is 1.82. The molecule has 1 aliphatic rings. The molecule has 1 radical (unpaired) electrons. The van der Waals surface area contributed by atoms with Crippen LogP contribution in [0.15, 0.2) is 0 Å². The van der Waals surface area contributed by atoms with Gasteiger partial charge in [-0.15, -0.1) is 0 Å². The molecule has 0 spiro atoms. The topological polar surface area (TPSA) is 29.1 Å². The lowest BCUT2D eigenvalue weighted by Crippen LogP contribution is -2.16. The molecule has 0 aromatic heterocycles. The number of nitrogens with one attached hydrogen (secondary N) is 1. The van der Waals surface area contributed by atoms with Crippen LogP contribution in [-0.2, 0) is 4.79 Å². The van der Waals surface area contributed by atoms with E-state index in [0.717, 1.165) is 0 Å². The van der Waals surface area contributed by atoms with E-state index in [1.165, 1.54) is 0 Å². The molecular formula is C5H8NO. The predicted octanol–water partition coefficient (Wildman–Crippen LogP) is -0.249. The van der Waals surface area contributed by atoms with Gasteiger partial charge in [0, 0.05) is 12.5 Å². The van der Waals surface area contributed by atoms with E-state index >= 15 is 0 Å². The molecule has 1 aliphatic heterocycles. The lowest BCUT2D eigenvalue weighted by atomic mass is 10.2. The Hall–Kier alpha value is -0.370. The molecule has 39 valence electrons. The minimum absolute atomic E-state index is 0.174. The first-order chi connectivity index (χ1) is 3.29. The van der Waals surface area contributed by atoms with Crippen LogP contribution in [0, 0.1) is 6.92 Å². The average Bonchev–Trinajstić information content (AvgIpc) is 1.87. The van der Waals surface area contributed by atoms with Gasteiger partial charge < -0.3 is 5.32 Å². The number of hydrogen-bond donors (Lipinski definition) is 1. The molecule has 1 saturated heterocycles. The molecule has 2 heteroatoms. The van der Waals surface area contributed by atoms with Crippen molar-refractivity contribution < 1.29 is 4.79 Å². The number of Topliss-reactive ketones (excluding diaryl/α,β-unsaturated/α-hetero) is 1. The van der Waals surface area contributed by atoms with Gasteiger partial charge in [0.1, 0.15) is 5.78 Å². The van der Waals surface area contributed by atoms with E-state index < -0.39 is 0 Å². The molecule has 0 bridgehead atoms. The SMILES string of the molecule is [CH2]C1CC(=O)CN1. The van der Waals surface area contributed by atoms with E-state index in [1.807, 2.05) is 0 Å². The highest BCUT2D eigenvalue weighted by atomic mass is 16.1. The molecular weight excluding hydrogens is 90.1 g/mol. The maximum Gasteiger partial charge on any atom is 0.148 e. The van der Waals surface area contributed by atoms with Crippen molar-refractivity contribution in [2.75, 3.05) is 6.54 Å². The molecule has 1 unspecified atom stereocenters. The first kappa shape index (κ1) is 4.78. The molecule has 0 aromatic rings. The van der Waals surface area contributed by atoms with Crippen molar-refractivity contribution in [2.45, 2.75) is 12.5 Å². The van der Waals surface area contributed by atoms with E-state index in [9.17, 15) is 4.79 Å². The van der Waals surface area contributed by atoms with Gasteiger partial charge in [-0.05, 0) is 6.92 Å². The predicted molar refractivity (Wildman–Crippen MR) is 26.8 cm³/mol. The second kappa shape index (κ2) is 1.62. The molecule has 1 heterocycles. The first-order valence-corrected chi connectivity index (χ1v) is 2.37. The molecule has 2 nitrogen and oxygen atoms in total. The van der Waals surface area contributed by atoms with Gasteiger partial charge in [0.25, 0.3) is 0 Å². The lowest BCUT2D eigenvalue weighted by molar-refractivity contribution is -0.116. The zero-order valence-corrected chi connectivity index (χ0v) is 4.11. The lowest BCUT2D eigenvalue weighted by Gasteiger charge is -1.93. The van der Waals surface area contributed by atoms with Crippen molar-refractivity contribution >= 4 is 5.78 Å². The van der Waals surface area contributed by atoms with Crippen LogP contribution < -0.4 is 5.32 Å². The molecule has 0 aliphatic carbocycles. The van der Waals surface area contributed by atoms with Crippen molar-refractivity contribution in [1.29, 1.82) is 0 Å². The third kappa shape index (κ3) is 0.996. The first-order valence-electron chi connectivity index (χ1n) is 2.37. The van der Waals surface area contributed by atoms with Gasteiger partial charge in [-0.1, -0.05) is 0 Å². The van der Waals surface area contributed by atoms with Gasteiger partial charge >= 0.3 is 0 Å². The van der Waals surface area contributed by atoms with Crippen molar-refractivity contribution in [3.05, 3.63) is 6.92 Å². The molecule has 0 aromatic carbocycles. The number of ketones is 1. The van der Waals surface area contributed by atoms with E-state index in [4.69, 9.17) is 0 Å². The van der Waals surface area contributed by atoms with Crippen molar-refractivity contribution in [1.82, 2.24) is 5.32 Å². The summed E-state index contributed by atoms with van der Waals surface area (Å²) in [5.41, 5.74) is 0. The highest BCUT2D eigenvalue weighted by Crippen LogP contribution is 1.97. The van der Waals surface area contributed by atoms with E-state index in [0.29, 0.717) is 13.0 Å². The van der Waals surface area contributed by atoms with Crippen LogP contribution in [0.2, 0.25) is 0 Å². The molecule has 7 heavy (non-hydrogen) atoms. The van der Waals surface area contributed by atoms with Crippen LogP contribution in [0.3, 0.4) is 0 Å². The minimum atomic E-state index is 0.174. The Morgan fingerprint density at radius 3 is 2.71 bits per heavy atom. The normalized spacial score (nSPS) is 31.6. The molecule has 1 N–H and O–H groups in total. The largest absolute Gasteiger partial charge is 0.307 e. The maximum atomic E-state index is 10.4. The monoisotopic (exact) mass is 98.1 g/mol. The highest BCUT2D eigenvalue weighted by Gasteiger charge is 2.15. The number of rotatable bonds is 0. The van der Waals surface area contributed by atoms with Crippen LogP contribution in [0.5, 0.6) is 0 Å². The van der Waals surface area contributed by atoms with E-state index in [1.54, 1.807) is 0 Å². The van der Waals surface area contributed by atoms with Crippen LogP contribution >= 0.6 is 0 Å². The van der Waals surface area contributed by atoms with Gasteiger partial charge in [0.15, 0.2) is 0 Å². The Bertz CT molecular complexity index is 90.1. The molecule has 1 fully saturated rings. The third-order valence-corrected chi connectivity index (χ3v) is 1.06. The summed E-state index contributed by atoms with van der Waals surface area (Å²) in [5.74, 6) is 0.278. The minimum Gasteiger partial charge on any atom is -0.307 e. The number of hydrogen-bond acceptors (Lipinski definition) is 2. The number of carbonyl (C=O) groups excluding carboxylic acids is 1. The van der Waals surface area contributed by atoms with Crippen LogP contribution in [-0.4, -0.2) is 18.4 Å². The van der Waals surface area contributed by atoms with Gasteiger partial charge in [-0.3, -0.25) is 4.79 Å². The number of carbonyl (C=O) groups is 1. The molecule has 0 amide bonds. The fraction of sp³-hybridized carbons (Fsp3) is 0.600. The zero-order valence-electron chi connectivity index (χ0n) is 4.11. The Balaban J connectivity index is 2.40. The summed E-state index contributed by atoms with van der Waals surface area (Å²) in [4.78, 5) is 10.4. The summed E-state index contributed by atoms with van der Waals surface area (Å²) in [6.45, 7) is 4.18. The Morgan fingerprint density at radius 1 is 1.86 bits per heavy atom. The molecule has 0 saturated carbocycles. The average molecular weight is 98.1 g/mol. The fourth-order valence-corrected chi connectivity index (χ4v) is 0.677. The smallest absolute Gasteiger partial charge is 0.148 e. The third-order valence-electron chi connectivity index (χ3n) is 1.06. The van der Waals surface area contributed by atoms with E-state index in [2.05, 4.69) is 12.2 Å². The Labute approximate surface area is 42.9 Å². The van der Waals surface area contributed by atoms with Crippen molar-refractivity contribution in [3.8, 4) is 0 Å². The van der Waals surface area contributed by atoms with Crippen LogP contribution in [0.25, 0.3) is 0 Å². The van der Waals surface area contributed by atoms with Crippen molar-refractivity contribution in [3.63, 3.8) is 0 Å². The summed E-state index contributed by atoms with van der Waals surface area (Å²) in [5, 5.41) is 2.91. The fourth-order valence-electron chi connectivity index (χ4n) is 0.677. The molecule has 1 rings (SSSR count). The van der Waals surface area contributed by atoms with E-state index in [-0.39, 0.29) is 11.8 Å². The van der Waals surface area contributed by atoms with Crippen molar-refractivity contribution in [2.24, 2.45) is 0 Å². The van der Waals surface area contributed by atoms with Gasteiger partial charge in [-0.2, -0.15) is 0 Å². The summed E-state index contributed by atoms with van der Waals surface area (Å²) in [6.07, 6.45) is 0.611. The Morgan fingerprint density at radius 2 is 2.57 bits per heavy atom. The molecule has 1 atom stereocenters. The van der Waals surface area contributed by atoms with Gasteiger partial charge in [0.05, 0.1) is 6.54 Å². The zero-order chi connectivity index (χ0) is 5.28.